The number of amides is 1. The summed E-state index contributed by atoms with van der Waals surface area (Å²) in [5, 5.41) is 5.49. The molecule has 1 unspecified atom stereocenters. The lowest BCUT2D eigenvalue weighted by Crippen LogP contribution is -2.26. The van der Waals surface area contributed by atoms with E-state index in [2.05, 4.69) is 5.32 Å². The number of nitrogens with zero attached hydrogens (tertiary/aromatic N) is 1. The summed E-state index contributed by atoms with van der Waals surface area (Å²) >= 11 is 1.54. The molecule has 0 aliphatic heterocycles. The van der Waals surface area contributed by atoms with Gasteiger partial charge in [-0.25, -0.2) is 9.78 Å². The summed E-state index contributed by atoms with van der Waals surface area (Å²) in [5.41, 5.74) is 3.69. The van der Waals surface area contributed by atoms with Crippen LogP contribution in [0.3, 0.4) is 0 Å². The minimum Gasteiger partial charge on any atom is -0.495 e. The summed E-state index contributed by atoms with van der Waals surface area (Å²) in [6.07, 6.45) is -1.18. The zero-order chi connectivity index (χ0) is 25.8. The van der Waals surface area contributed by atoms with E-state index in [1.165, 1.54) is 18.4 Å². The van der Waals surface area contributed by atoms with Gasteiger partial charge in [0.05, 0.1) is 34.4 Å². The number of para-hydroxylation sites is 1. The molecule has 1 atom stereocenters. The molecule has 37 heavy (non-hydrogen) atoms. The number of thiophene rings is 1. The molecular formula is C30H24N2O4S. The molecule has 1 amide bonds. The minimum atomic E-state index is -1.18. The van der Waals surface area contributed by atoms with Crippen molar-refractivity contribution in [1.82, 2.24) is 4.98 Å². The first-order valence-electron chi connectivity index (χ1n) is 11.7. The molecule has 3 aromatic carbocycles. The fourth-order valence-corrected chi connectivity index (χ4v) is 4.77. The SMILES string of the molecule is COc1ccc(C)cc1NC(=O)C(OC(=O)c1cc(-c2cccs2)nc2ccccc12)c1ccccc1. The van der Waals surface area contributed by atoms with Crippen molar-refractivity contribution < 1.29 is 19.1 Å². The zero-order valence-electron chi connectivity index (χ0n) is 20.3. The number of carbonyl (C=O) groups excluding carboxylic acids is 2. The highest BCUT2D eigenvalue weighted by Gasteiger charge is 2.28. The number of anilines is 1. The number of hydrogen-bond donors (Lipinski definition) is 1. The summed E-state index contributed by atoms with van der Waals surface area (Å²) in [6, 6.07) is 27.4. The van der Waals surface area contributed by atoms with Gasteiger partial charge in [0.25, 0.3) is 5.91 Å². The molecule has 5 aromatic rings. The van der Waals surface area contributed by atoms with Gasteiger partial charge in [-0.2, -0.15) is 0 Å². The van der Waals surface area contributed by atoms with Crippen molar-refractivity contribution in [3.63, 3.8) is 0 Å². The Kier molecular flexibility index (Phi) is 6.96. The number of pyridine rings is 1. The summed E-state index contributed by atoms with van der Waals surface area (Å²) in [7, 11) is 1.54. The van der Waals surface area contributed by atoms with Gasteiger partial charge in [-0.15, -0.1) is 11.3 Å². The van der Waals surface area contributed by atoms with Gasteiger partial charge in [0.15, 0.2) is 0 Å². The largest absolute Gasteiger partial charge is 0.495 e. The normalized spacial score (nSPS) is 11.6. The van der Waals surface area contributed by atoms with Gasteiger partial charge in [0.1, 0.15) is 5.75 Å². The van der Waals surface area contributed by atoms with Crippen molar-refractivity contribution in [2.75, 3.05) is 12.4 Å². The van der Waals surface area contributed by atoms with Crippen molar-refractivity contribution in [1.29, 1.82) is 0 Å². The quantitative estimate of drug-likeness (QED) is 0.244. The molecule has 0 bridgehead atoms. The van der Waals surface area contributed by atoms with E-state index in [1.54, 1.807) is 36.4 Å². The second-order valence-electron chi connectivity index (χ2n) is 8.44. The maximum absolute atomic E-state index is 13.6. The Hall–Kier alpha value is -4.49. The Bertz CT molecular complexity index is 1570. The van der Waals surface area contributed by atoms with E-state index < -0.39 is 18.0 Å². The number of esters is 1. The molecule has 1 N–H and O–H groups in total. The van der Waals surface area contributed by atoms with E-state index in [4.69, 9.17) is 14.5 Å². The van der Waals surface area contributed by atoms with Crippen LogP contribution in [-0.2, 0) is 9.53 Å². The minimum absolute atomic E-state index is 0.343. The lowest BCUT2D eigenvalue weighted by Gasteiger charge is -2.20. The van der Waals surface area contributed by atoms with E-state index >= 15 is 0 Å². The third kappa shape index (κ3) is 5.22. The van der Waals surface area contributed by atoms with Crippen molar-refractivity contribution in [3.05, 3.63) is 113 Å². The van der Waals surface area contributed by atoms with Gasteiger partial charge < -0.3 is 14.8 Å². The van der Waals surface area contributed by atoms with Crippen molar-refractivity contribution >= 4 is 39.8 Å². The molecule has 2 aromatic heterocycles. The summed E-state index contributed by atoms with van der Waals surface area (Å²) in [4.78, 5) is 32.8. The molecule has 5 rings (SSSR count). The highest BCUT2D eigenvalue weighted by Crippen LogP contribution is 2.31. The number of nitrogens with one attached hydrogen (secondary N) is 1. The van der Waals surface area contributed by atoms with Gasteiger partial charge in [0.2, 0.25) is 6.10 Å². The lowest BCUT2D eigenvalue weighted by molar-refractivity contribution is -0.125. The topological polar surface area (TPSA) is 77.5 Å². The number of carbonyl (C=O) groups is 2. The number of benzene rings is 3. The monoisotopic (exact) mass is 508 g/mol. The van der Waals surface area contributed by atoms with Crippen LogP contribution in [0.25, 0.3) is 21.5 Å². The number of rotatable bonds is 7. The Morgan fingerprint density at radius 1 is 0.919 bits per heavy atom. The van der Waals surface area contributed by atoms with Crippen LogP contribution in [0.4, 0.5) is 5.69 Å². The van der Waals surface area contributed by atoms with Crippen LogP contribution >= 0.6 is 11.3 Å². The number of ether oxygens (including phenoxy) is 2. The molecule has 0 aliphatic rings. The second-order valence-corrected chi connectivity index (χ2v) is 9.39. The first-order chi connectivity index (χ1) is 18.0. The maximum Gasteiger partial charge on any atom is 0.340 e. The highest BCUT2D eigenvalue weighted by molar-refractivity contribution is 7.13. The van der Waals surface area contributed by atoms with Crippen molar-refractivity contribution in [3.8, 4) is 16.3 Å². The third-order valence-corrected chi connectivity index (χ3v) is 6.78. The molecule has 0 saturated heterocycles. The molecule has 0 radical (unpaired) electrons. The number of hydrogen-bond acceptors (Lipinski definition) is 6. The van der Waals surface area contributed by atoms with E-state index in [9.17, 15) is 9.59 Å². The summed E-state index contributed by atoms with van der Waals surface area (Å²) in [5.74, 6) is -0.588. The van der Waals surface area contributed by atoms with Crippen LogP contribution in [0.15, 0.2) is 96.4 Å². The number of methoxy groups -OCH3 is 1. The standard InChI is InChI=1S/C30H24N2O4S/c1-19-14-15-26(35-2)24(17-19)32-29(33)28(20-9-4-3-5-10-20)36-30(34)22-18-25(27-13-8-16-37-27)31-23-12-7-6-11-21(22)23/h3-18,28H,1-2H3,(H,32,33). The number of aromatic nitrogens is 1. The van der Waals surface area contributed by atoms with Crippen LogP contribution in [-0.4, -0.2) is 24.0 Å². The number of aryl methyl sites for hydroxylation is 1. The van der Waals surface area contributed by atoms with Gasteiger partial charge >= 0.3 is 5.97 Å². The predicted octanol–water partition coefficient (Wildman–Crippen LogP) is 6.82. The summed E-state index contributed by atoms with van der Waals surface area (Å²) in [6.45, 7) is 1.92. The fourth-order valence-electron chi connectivity index (χ4n) is 4.08. The molecule has 0 aliphatic carbocycles. The molecular weight excluding hydrogens is 484 g/mol. The molecule has 0 saturated carbocycles. The van der Waals surface area contributed by atoms with Crippen LogP contribution in [0.1, 0.15) is 27.6 Å². The third-order valence-electron chi connectivity index (χ3n) is 5.89. The Morgan fingerprint density at radius 3 is 2.46 bits per heavy atom. The lowest BCUT2D eigenvalue weighted by atomic mass is 10.1. The van der Waals surface area contributed by atoms with Crippen LogP contribution in [0, 0.1) is 6.92 Å². The fraction of sp³-hybridized carbons (Fsp3) is 0.100. The Balaban J connectivity index is 1.52. The smallest absolute Gasteiger partial charge is 0.340 e. The Labute approximate surface area is 218 Å². The van der Waals surface area contributed by atoms with E-state index in [-0.39, 0.29) is 0 Å². The molecule has 7 heteroatoms. The first kappa shape index (κ1) is 24.2. The number of fused-ring (bicyclic) bond motifs is 1. The van der Waals surface area contributed by atoms with E-state index in [1.807, 2.05) is 66.9 Å². The molecule has 0 fully saturated rings. The first-order valence-corrected chi connectivity index (χ1v) is 12.6. The van der Waals surface area contributed by atoms with Gasteiger partial charge in [-0.3, -0.25) is 4.79 Å². The van der Waals surface area contributed by atoms with Crippen molar-refractivity contribution in [2.45, 2.75) is 13.0 Å². The zero-order valence-corrected chi connectivity index (χ0v) is 21.1. The van der Waals surface area contributed by atoms with Crippen LogP contribution < -0.4 is 10.1 Å². The van der Waals surface area contributed by atoms with Gasteiger partial charge in [-0.1, -0.05) is 60.7 Å². The van der Waals surface area contributed by atoms with Gasteiger partial charge in [-0.05, 0) is 48.2 Å². The van der Waals surface area contributed by atoms with Gasteiger partial charge in [0, 0.05) is 10.9 Å². The van der Waals surface area contributed by atoms with E-state index in [0.717, 1.165) is 10.4 Å². The Morgan fingerprint density at radius 2 is 1.70 bits per heavy atom. The van der Waals surface area contributed by atoms with Crippen LogP contribution in [0.2, 0.25) is 0 Å². The van der Waals surface area contributed by atoms with Crippen LogP contribution in [0.5, 0.6) is 5.75 Å². The van der Waals surface area contributed by atoms with E-state index in [0.29, 0.717) is 39.2 Å². The van der Waals surface area contributed by atoms with Crippen molar-refractivity contribution in [2.24, 2.45) is 0 Å². The molecule has 184 valence electrons. The average molecular weight is 509 g/mol. The molecule has 2 heterocycles. The molecule has 6 nitrogen and oxygen atoms in total. The predicted molar refractivity (Wildman–Crippen MR) is 146 cm³/mol. The molecule has 0 spiro atoms. The summed E-state index contributed by atoms with van der Waals surface area (Å²) < 4.78 is 11.3. The maximum atomic E-state index is 13.6. The average Bonchev–Trinajstić information content (AvgIpc) is 3.47. The second kappa shape index (κ2) is 10.6. The highest BCUT2D eigenvalue weighted by atomic mass is 32.1.